The predicted molar refractivity (Wildman–Crippen MR) is 161 cm³/mol. The minimum Gasteiger partial charge on any atom is -0.496 e. The first-order chi connectivity index (χ1) is 21.1. The monoisotopic (exact) mass is 575 g/mol. The summed E-state index contributed by atoms with van der Waals surface area (Å²) < 4.78 is 35.3. The average molecular weight is 576 g/mol. The molecule has 214 valence electrons. The molecule has 0 bridgehead atoms. The van der Waals surface area contributed by atoms with Crippen LogP contribution in [-0.2, 0) is 6.61 Å². The standard InChI is InChI=1S/C33H25N3O7/c1-38-25-8-5-9-26-23(25)16-31(43-26)32-35-24-7-4-3-6-22(24)33(37)36(32)34-17-20-10-12-27(29(14-20)39-2)40-18-21-11-13-28-30(15-21)42-19-41-28/h3-17H,18-19H2,1-2H3. The first kappa shape index (κ1) is 26.1. The summed E-state index contributed by atoms with van der Waals surface area (Å²) in [6, 6.07) is 25.5. The number of para-hydroxylation sites is 1. The molecule has 0 N–H and O–H groups in total. The number of aromatic nitrogens is 2. The number of hydrogen-bond acceptors (Lipinski definition) is 9. The van der Waals surface area contributed by atoms with Crippen molar-refractivity contribution in [2.24, 2.45) is 5.10 Å². The van der Waals surface area contributed by atoms with Gasteiger partial charge in [0.1, 0.15) is 17.9 Å². The number of benzene rings is 4. The molecule has 0 unspecified atom stereocenters. The lowest BCUT2D eigenvalue weighted by atomic mass is 10.2. The first-order valence-corrected chi connectivity index (χ1v) is 13.4. The Bertz CT molecular complexity index is 2080. The van der Waals surface area contributed by atoms with E-state index in [1.54, 1.807) is 56.8 Å². The summed E-state index contributed by atoms with van der Waals surface area (Å²) in [4.78, 5) is 18.4. The van der Waals surface area contributed by atoms with E-state index in [0.717, 1.165) is 10.9 Å². The van der Waals surface area contributed by atoms with Crippen LogP contribution < -0.4 is 29.2 Å². The summed E-state index contributed by atoms with van der Waals surface area (Å²) in [6.07, 6.45) is 1.56. The number of hydrogen-bond donors (Lipinski definition) is 0. The van der Waals surface area contributed by atoms with Gasteiger partial charge in [-0.1, -0.05) is 24.3 Å². The SMILES string of the molecule is COc1cc(C=Nn2c(-c3cc4c(OC)cccc4o3)nc3ccccc3c2=O)ccc1OCc1ccc2c(c1)OCO2. The largest absolute Gasteiger partial charge is 0.496 e. The Morgan fingerprint density at radius 3 is 2.60 bits per heavy atom. The molecule has 7 rings (SSSR count). The van der Waals surface area contributed by atoms with Crippen molar-refractivity contribution >= 4 is 28.1 Å². The Labute approximate surface area is 245 Å². The highest BCUT2D eigenvalue weighted by atomic mass is 16.7. The van der Waals surface area contributed by atoms with Gasteiger partial charge in [-0.2, -0.15) is 9.78 Å². The number of furan rings is 1. The fraction of sp³-hybridized carbons (Fsp3) is 0.121. The zero-order valence-electron chi connectivity index (χ0n) is 23.3. The van der Waals surface area contributed by atoms with Crippen molar-refractivity contribution in [2.75, 3.05) is 21.0 Å². The van der Waals surface area contributed by atoms with Gasteiger partial charge in [0.05, 0.1) is 36.7 Å². The molecule has 43 heavy (non-hydrogen) atoms. The Kier molecular flexibility index (Phi) is 6.63. The van der Waals surface area contributed by atoms with E-state index in [9.17, 15) is 4.79 Å². The number of nitrogens with zero attached hydrogens (tertiary/aromatic N) is 3. The molecule has 6 aromatic rings. The van der Waals surface area contributed by atoms with Crippen molar-refractivity contribution in [2.45, 2.75) is 6.61 Å². The molecule has 0 radical (unpaired) electrons. The van der Waals surface area contributed by atoms with Gasteiger partial charge >= 0.3 is 0 Å². The zero-order valence-corrected chi connectivity index (χ0v) is 23.3. The molecule has 2 aromatic heterocycles. The van der Waals surface area contributed by atoms with E-state index in [2.05, 4.69) is 5.10 Å². The summed E-state index contributed by atoms with van der Waals surface area (Å²) >= 11 is 0. The average Bonchev–Trinajstić information content (AvgIpc) is 3.70. The van der Waals surface area contributed by atoms with E-state index in [1.165, 1.54) is 4.68 Å². The van der Waals surface area contributed by atoms with Crippen LogP contribution in [0.2, 0.25) is 0 Å². The highest BCUT2D eigenvalue weighted by molar-refractivity contribution is 5.88. The minimum absolute atomic E-state index is 0.215. The lowest BCUT2D eigenvalue weighted by Gasteiger charge is -2.12. The molecule has 0 spiro atoms. The second-order valence-corrected chi connectivity index (χ2v) is 9.68. The van der Waals surface area contributed by atoms with E-state index in [1.807, 2.05) is 48.5 Å². The van der Waals surface area contributed by atoms with Gasteiger partial charge in [-0.05, 0) is 71.8 Å². The molecule has 0 saturated heterocycles. The summed E-state index contributed by atoms with van der Waals surface area (Å²) in [7, 11) is 3.16. The number of rotatable bonds is 8. The molecule has 0 amide bonds. The van der Waals surface area contributed by atoms with E-state index < -0.39 is 0 Å². The maximum atomic E-state index is 13.6. The van der Waals surface area contributed by atoms with Crippen molar-refractivity contribution in [3.05, 3.63) is 106 Å². The number of ether oxygens (including phenoxy) is 5. The smallest absolute Gasteiger partial charge is 0.282 e. The number of methoxy groups -OCH3 is 2. The molecule has 1 aliphatic rings. The predicted octanol–water partition coefficient (Wildman–Crippen LogP) is 6.02. The highest BCUT2D eigenvalue weighted by Crippen LogP contribution is 2.35. The molecule has 0 fully saturated rings. The van der Waals surface area contributed by atoms with Crippen molar-refractivity contribution in [1.29, 1.82) is 0 Å². The van der Waals surface area contributed by atoms with Gasteiger partial charge in [0.25, 0.3) is 5.56 Å². The fourth-order valence-corrected chi connectivity index (χ4v) is 4.91. The Morgan fingerprint density at radius 2 is 1.72 bits per heavy atom. The molecular weight excluding hydrogens is 550 g/mol. The summed E-state index contributed by atoms with van der Waals surface area (Å²) in [5.74, 6) is 3.77. The van der Waals surface area contributed by atoms with Gasteiger partial charge in [0.2, 0.25) is 12.6 Å². The summed E-state index contributed by atoms with van der Waals surface area (Å²) in [5.41, 5.74) is 2.42. The van der Waals surface area contributed by atoms with Gasteiger partial charge in [0.15, 0.2) is 28.8 Å². The van der Waals surface area contributed by atoms with Crippen LogP contribution in [0.5, 0.6) is 28.7 Å². The normalized spacial score (nSPS) is 12.3. The van der Waals surface area contributed by atoms with E-state index in [4.69, 9.17) is 33.1 Å². The summed E-state index contributed by atoms with van der Waals surface area (Å²) in [6.45, 7) is 0.524. The Balaban J connectivity index is 1.22. The molecule has 10 nitrogen and oxygen atoms in total. The van der Waals surface area contributed by atoms with Crippen LogP contribution in [0.1, 0.15) is 11.1 Å². The molecule has 1 aliphatic heterocycles. The van der Waals surface area contributed by atoms with Crippen LogP contribution in [0.25, 0.3) is 33.5 Å². The quantitative estimate of drug-likeness (QED) is 0.203. The van der Waals surface area contributed by atoms with Crippen molar-refractivity contribution in [1.82, 2.24) is 9.66 Å². The van der Waals surface area contributed by atoms with E-state index >= 15 is 0 Å². The second-order valence-electron chi connectivity index (χ2n) is 9.68. The lowest BCUT2D eigenvalue weighted by Crippen LogP contribution is -2.20. The third kappa shape index (κ3) is 4.88. The van der Waals surface area contributed by atoms with Crippen LogP contribution in [0, 0.1) is 0 Å². The molecule has 0 atom stereocenters. The highest BCUT2D eigenvalue weighted by Gasteiger charge is 2.18. The van der Waals surface area contributed by atoms with Gasteiger partial charge < -0.3 is 28.1 Å². The molecule has 3 heterocycles. The van der Waals surface area contributed by atoms with Crippen molar-refractivity contribution < 1.29 is 28.1 Å². The third-order valence-corrected chi connectivity index (χ3v) is 7.06. The van der Waals surface area contributed by atoms with Crippen LogP contribution in [0.3, 0.4) is 0 Å². The van der Waals surface area contributed by atoms with Crippen molar-refractivity contribution in [3.63, 3.8) is 0 Å². The van der Waals surface area contributed by atoms with Crippen LogP contribution in [0.4, 0.5) is 0 Å². The molecule has 0 saturated carbocycles. The Hall–Kier alpha value is -5.77. The van der Waals surface area contributed by atoms with Gasteiger partial charge in [-0.25, -0.2) is 4.98 Å². The van der Waals surface area contributed by atoms with E-state index in [0.29, 0.717) is 63.2 Å². The second kappa shape index (κ2) is 10.9. The number of fused-ring (bicyclic) bond motifs is 3. The van der Waals surface area contributed by atoms with Crippen LogP contribution in [-0.4, -0.2) is 36.9 Å². The molecule has 0 aliphatic carbocycles. The summed E-state index contributed by atoms with van der Waals surface area (Å²) in [5, 5.41) is 5.75. The first-order valence-electron chi connectivity index (χ1n) is 13.4. The molecule has 4 aromatic carbocycles. The lowest BCUT2D eigenvalue weighted by molar-refractivity contribution is 0.174. The molecule has 10 heteroatoms. The van der Waals surface area contributed by atoms with Gasteiger partial charge in [-0.3, -0.25) is 4.79 Å². The maximum absolute atomic E-state index is 13.6. The van der Waals surface area contributed by atoms with Crippen LogP contribution in [0.15, 0.2) is 99.2 Å². The Morgan fingerprint density at radius 1 is 0.860 bits per heavy atom. The van der Waals surface area contributed by atoms with Gasteiger partial charge in [-0.15, -0.1) is 0 Å². The fourth-order valence-electron chi connectivity index (χ4n) is 4.91. The molecular formula is C33H25N3O7. The van der Waals surface area contributed by atoms with Crippen molar-refractivity contribution in [3.8, 4) is 40.3 Å². The maximum Gasteiger partial charge on any atom is 0.282 e. The zero-order chi connectivity index (χ0) is 29.3. The van der Waals surface area contributed by atoms with Gasteiger partial charge in [0, 0.05) is 0 Å². The topological polar surface area (TPSA) is 107 Å². The third-order valence-electron chi connectivity index (χ3n) is 7.06. The minimum atomic E-state index is -0.333. The van der Waals surface area contributed by atoms with Crippen LogP contribution >= 0.6 is 0 Å². The van der Waals surface area contributed by atoms with E-state index in [-0.39, 0.29) is 18.2 Å².